The highest BCUT2D eigenvalue weighted by molar-refractivity contribution is 7.09. The van der Waals surface area contributed by atoms with E-state index in [2.05, 4.69) is 44.3 Å². The van der Waals surface area contributed by atoms with E-state index in [9.17, 15) is 4.79 Å². The van der Waals surface area contributed by atoms with Gasteiger partial charge in [0.2, 0.25) is 0 Å². The third-order valence-electron chi connectivity index (χ3n) is 4.54. The normalized spacial score (nSPS) is 12.7. The highest BCUT2D eigenvalue weighted by Crippen LogP contribution is 2.27. The average Bonchev–Trinajstić information content (AvgIpc) is 3.06. The van der Waals surface area contributed by atoms with Gasteiger partial charge in [-0.1, -0.05) is 50.2 Å². The Kier molecular flexibility index (Phi) is 5.83. The van der Waals surface area contributed by atoms with Crippen LogP contribution in [0.25, 0.3) is 0 Å². The first-order valence-corrected chi connectivity index (χ1v) is 8.96. The Labute approximate surface area is 143 Å². The van der Waals surface area contributed by atoms with Crippen LogP contribution in [0.15, 0.2) is 47.8 Å². The van der Waals surface area contributed by atoms with E-state index in [0.717, 1.165) is 0 Å². The van der Waals surface area contributed by atoms with Crippen LogP contribution < -0.4 is 5.32 Å². The fourth-order valence-electron chi connectivity index (χ4n) is 2.49. The first kappa shape index (κ1) is 17.5. The molecule has 1 heterocycles. The quantitative estimate of drug-likeness (QED) is 0.822. The maximum Gasteiger partial charge on any atom is 0.317 e. The number of carbonyl (C=O) groups is 1. The number of hydrogen-bond donors (Lipinski definition) is 1. The van der Waals surface area contributed by atoms with Crippen LogP contribution in [0, 0.1) is 0 Å². The molecular weight excluding hydrogens is 304 g/mol. The summed E-state index contributed by atoms with van der Waals surface area (Å²) in [5.74, 6) is 0. The summed E-state index contributed by atoms with van der Waals surface area (Å²) in [6.45, 7) is 9.79. The number of hydrogen-bond acceptors (Lipinski definition) is 2. The Morgan fingerprint density at radius 3 is 2.48 bits per heavy atom. The Morgan fingerprint density at radius 1 is 1.22 bits per heavy atom. The molecule has 1 atom stereocenters. The van der Waals surface area contributed by atoms with Crippen LogP contribution in [0.3, 0.4) is 0 Å². The lowest BCUT2D eigenvalue weighted by Gasteiger charge is -2.34. The Balaban J connectivity index is 2.03. The Hall–Kier alpha value is -1.81. The molecule has 0 aliphatic carbocycles. The van der Waals surface area contributed by atoms with Crippen molar-refractivity contribution in [2.45, 2.75) is 45.7 Å². The van der Waals surface area contributed by atoms with Gasteiger partial charge in [0, 0.05) is 22.9 Å². The molecule has 3 nitrogen and oxygen atoms in total. The predicted octanol–water partition coefficient (Wildman–Crippen LogP) is 4.65. The number of nitrogens with one attached hydrogen (secondary N) is 1. The molecule has 23 heavy (non-hydrogen) atoms. The van der Waals surface area contributed by atoms with Gasteiger partial charge in [-0.05, 0) is 30.9 Å². The van der Waals surface area contributed by atoms with Crippen molar-refractivity contribution in [3.05, 3.63) is 58.3 Å². The van der Waals surface area contributed by atoms with Crippen LogP contribution in [0.1, 0.15) is 38.1 Å². The van der Waals surface area contributed by atoms with Crippen molar-refractivity contribution in [2.75, 3.05) is 6.54 Å². The van der Waals surface area contributed by atoms with Crippen molar-refractivity contribution in [1.82, 2.24) is 10.2 Å². The number of carbonyl (C=O) groups excluding carboxylic acids is 1. The molecule has 0 aliphatic heterocycles. The van der Waals surface area contributed by atoms with Crippen molar-refractivity contribution in [3.8, 4) is 0 Å². The largest absolute Gasteiger partial charge is 0.335 e. The summed E-state index contributed by atoms with van der Waals surface area (Å²) >= 11 is 1.68. The minimum Gasteiger partial charge on any atom is -0.335 e. The number of rotatable bonds is 6. The van der Waals surface area contributed by atoms with Gasteiger partial charge in [-0.25, -0.2) is 4.79 Å². The molecule has 1 aromatic carbocycles. The van der Waals surface area contributed by atoms with Gasteiger partial charge in [-0.2, -0.15) is 0 Å². The van der Waals surface area contributed by atoms with Crippen LogP contribution in [-0.4, -0.2) is 23.5 Å². The van der Waals surface area contributed by atoms with E-state index in [0.29, 0.717) is 13.1 Å². The minimum atomic E-state index is -0.126. The van der Waals surface area contributed by atoms with Crippen LogP contribution >= 0.6 is 11.3 Å². The molecular formula is C19H26N2OS. The van der Waals surface area contributed by atoms with Crippen LogP contribution in [-0.2, 0) is 12.0 Å². The standard InChI is InChI=1S/C19H26N2OS/c1-5-21(14-17-12-9-13-23-17)18(22)20-15(2)19(3,4)16-10-7-6-8-11-16/h6-13,15H,5,14H2,1-4H3,(H,20,22). The SMILES string of the molecule is CCN(Cc1cccs1)C(=O)NC(C)C(C)(C)c1ccccc1. The van der Waals surface area contributed by atoms with Crippen molar-refractivity contribution in [1.29, 1.82) is 0 Å². The maximum atomic E-state index is 12.6. The van der Waals surface area contributed by atoms with E-state index in [1.807, 2.05) is 41.5 Å². The van der Waals surface area contributed by atoms with E-state index in [1.54, 1.807) is 11.3 Å². The molecule has 4 heteroatoms. The van der Waals surface area contributed by atoms with Gasteiger partial charge in [-0.15, -0.1) is 11.3 Å². The second kappa shape index (κ2) is 7.64. The molecule has 0 fully saturated rings. The lowest BCUT2D eigenvalue weighted by molar-refractivity contribution is 0.189. The molecule has 0 saturated carbocycles. The Bertz CT molecular complexity index is 608. The van der Waals surface area contributed by atoms with Crippen molar-refractivity contribution < 1.29 is 4.79 Å². The van der Waals surface area contributed by atoms with Gasteiger partial charge in [0.1, 0.15) is 0 Å². The zero-order valence-electron chi connectivity index (χ0n) is 14.4. The second-order valence-electron chi connectivity index (χ2n) is 6.35. The lowest BCUT2D eigenvalue weighted by atomic mass is 9.78. The summed E-state index contributed by atoms with van der Waals surface area (Å²) in [4.78, 5) is 15.7. The summed E-state index contributed by atoms with van der Waals surface area (Å²) < 4.78 is 0. The predicted molar refractivity (Wildman–Crippen MR) is 97.9 cm³/mol. The molecule has 2 rings (SSSR count). The third kappa shape index (κ3) is 4.35. The fraction of sp³-hybridized carbons (Fsp3) is 0.421. The molecule has 2 aromatic rings. The summed E-state index contributed by atoms with van der Waals surface area (Å²) in [7, 11) is 0. The molecule has 1 N–H and O–H groups in total. The molecule has 0 spiro atoms. The Morgan fingerprint density at radius 2 is 1.91 bits per heavy atom. The zero-order chi connectivity index (χ0) is 16.9. The third-order valence-corrected chi connectivity index (χ3v) is 5.40. The number of amides is 2. The molecule has 2 amide bonds. The van der Waals surface area contributed by atoms with Gasteiger partial charge in [-0.3, -0.25) is 0 Å². The van der Waals surface area contributed by atoms with Gasteiger partial charge in [0.25, 0.3) is 0 Å². The van der Waals surface area contributed by atoms with Gasteiger partial charge in [0.05, 0.1) is 6.54 Å². The van der Waals surface area contributed by atoms with Gasteiger partial charge < -0.3 is 10.2 Å². The topological polar surface area (TPSA) is 32.3 Å². The van der Waals surface area contributed by atoms with E-state index >= 15 is 0 Å². The highest BCUT2D eigenvalue weighted by atomic mass is 32.1. The van der Waals surface area contributed by atoms with Gasteiger partial charge in [0.15, 0.2) is 0 Å². The minimum absolute atomic E-state index is 0.00240. The summed E-state index contributed by atoms with van der Waals surface area (Å²) in [5, 5.41) is 5.22. The summed E-state index contributed by atoms with van der Waals surface area (Å²) in [6.07, 6.45) is 0. The average molecular weight is 330 g/mol. The monoisotopic (exact) mass is 330 g/mol. The number of benzene rings is 1. The number of urea groups is 1. The molecule has 0 saturated heterocycles. The molecule has 0 bridgehead atoms. The van der Waals surface area contributed by atoms with Gasteiger partial charge >= 0.3 is 6.03 Å². The van der Waals surface area contributed by atoms with Crippen LogP contribution in [0.5, 0.6) is 0 Å². The molecule has 124 valence electrons. The van der Waals surface area contributed by atoms with Crippen LogP contribution in [0.2, 0.25) is 0 Å². The summed E-state index contributed by atoms with van der Waals surface area (Å²) in [5.41, 5.74) is 1.10. The number of nitrogens with zero attached hydrogens (tertiary/aromatic N) is 1. The lowest BCUT2D eigenvalue weighted by Crippen LogP contribution is -2.50. The zero-order valence-corrected chi connectivity index (χ0v) is 15.2. The molecule has 0 aliphatic rings. The molecule has 1 unspecified atom stereocenters. The number of thiophene rings is 1. The maximum absolute atomic E-state index is 12.6. The molecule has 0 radical (unpaired) electrons. The van der Waals surface area contributed by atoms with E-state index in [1.165, 1.54) is 10.4 Å². The van der Waals surface area contributed by atoms with E-state index in [4.69, 9.17) is 0 Å². The van der Waals surface area contributed by atoms with Crippen LogP contribution in [0.4, 0.5) is 4.79 Å². The first-order chi connectivity index (χ1) is 10.9. The first-order valence-electron chi connectivity index (χ1n) is 8.08. The van der Waals surface area contributed by atoms with E-state index in [-0.39, 0.29) is 17.5 Å². The fourth-order valence-corrected chi connectivity index (χ4v) is 3.21. The second-order valence-corrected chi connectivity index (χ2v) is 7.38. The summed E-state index contributed by atoms with van der Waals surface area (Å²) in [6, 6.07) is 14.5. The van der Waals surface area contributed by atoms with Crippen molar-refractivity contribution >= 4 is 17.4 Å². The van der Waals surface area contributed by atoms with E-state index < -0.39 is 0 Å². The van der Waals surface area contributed by atoms with Crippen molar-refractivity contribution in [3.63, 3.8) is 0 Å². The highest BCUT2D eigenvalue weighted by Gasteiger charge is 2.30. The smallest absolute Gasteiger partial charge is 0.317 e. The molecule has 1 aromatic heterocycles. The van der Waals surface area contributed by atoms with Crippen molar-refractivity contribution in [2.24, 2.45) is 0 Å².